The van der Waals surface area contributed by atoms with Crippen LogP contribution in [0.2, 0.25) is 0 Å². The lowest BCUT2D eigenvalue weighted by Gasteiger charge is -2.08. The largest absolute Gasteiger partial charge is 0.514 e. The highest BCUT2D eigenvalue weighted by atomic mass is 16.7. The number of carbonyl (C=O) groups excluding carboxylic acids is 1. The molecule has 0 atom stereocenters. The van der Waals surface area contributed by atoms with E-state index < -0.39 is 17.3 Å². The minimum atomic E-state index is -0.980. The fraction of sp³-hybridized carbons (Fsp3) is 0.0526. The van der Waals surface area contributed by atoms with Crippen LogP contribution in [0, 0.1) is 0 Å². The molecule has 2 aromatic carbocycles. The van der Waals surface area contributed by atoms with Crippen LogP contribution in [0.5, 0.6) is 17.2 Å². The van der Waals surface area contributed by atoms with Crippen LogP contribution in [0.15, 0.2) is 64.5 Å². The van der Waals surface area contributed by atoms with Gasteiger partial charge in [-0.15, -0.1) is 0 Å². The number of aromatic hydroxyl groups is 2. The van der Waals surface area contributed by atoms with Gasteiger partial charge in [0.05, 0.1) is 5.56 Å². The van der Waals surface area contributed by atoms with Crippen molar-refractivity contribution >= 4 is 17.1 Å². The molecule has 0 aliphatic carbocycles. The third-order valence-electron chi connectivity index (χ3n) is 3.53. The molecule has 1 aromatic heterocycles. The Morgan fingerprint density at radius 1 is 1.19 bits per heavy atom. The molecule has 3 aromatic rings. The second kappa shape index (κ2) is 7.02. The molecule has 0 aliphatic rings. The Morgan fingerprint density at radius 2 is 1.92 bits per heavy atom. The van der Waals surface area contributed by atoms with E-state index in [0.717, 1.165) is 6.07 Å². The number of carbonyl (C=O) groups is 1. The average molecular weight is 354 g/mol. The van der Waals surface area contributed by atoms with Crippen molar-refractivity contribution in [2.45, 2.75) is 0 Å². The number of phenolic OH excluding ortho intramolecular Hbond substituents is 2. The molecule has 0 amide bonds. The first kappa shape index (κ1) is 17.1. The van der Waals surface area contributed by atoms with E-state index in [1.807, 2.05) is 0 Å². The van der Waals surface area contributed by atoms with Gasteiger partial charge in [0.25, 0.3) is 0 Å². The minimum Gasteiger partial charge on any atom is -0.508 e. The number of benzene rings is 2. The molecule has 3 rings (SSSR count). The summed E-state index contributed by atoms with van der Waals surface area (Å²) in [5, 5.41) is 19.5. The number of rotatable bonds is 4. The highest BCUT2D eigenvalue weighted by Gasteiger charge is 2.16. The molecule has 7 nitrogen and oxygen atoms in total. The number of ether oxygens (including phenoxy) is 2. The van der Waals surface area contributed by atoms with Gasteiger partial charge >= 0.3 is 6.16 Å². The summed E-state index contributed by atoms with van der Waals surface area (Å²) >= 11 is 0. The van der Waals surface area contributed by atoms with Crippen molar-refractivity contribution in [1.29, 1.82) is 0 Å². The second-order valence-electron chi connectivity index (χ2n) is 5.29. The van der Waals surface area contributed by atoms with E-state index in [4.69, 9.17) is 9.15 Å². The maximum atomic E-state index is 12.7. The van der Waals surface area contributed by atoms with Gasteiger partial charge in [0, 0.05) is 12.1 Å². The Morgan fingerprint density at radius 3 is 2.62 bits per heavy atom. The summed E-state index contributed by atoms with van der Waals surface area (Å²) in [6.07, 6.45) is 1.63. The molecule has 0 saturated heterocycles. The lowest BCUT2D eigenvalue weighted by molar-refractivity contribution is 0.109. The molecule has 132 valence electrons. The zero-order chi connectivity index (χ0) is 18.7. The van der Waals surface area contributed by atoms with Gasteiger partial charge in [0.1, 0.15) is 41.1 Å². The molecule has 0 aliphatic heterocycles. The third-order valence-corrected chi connectivity index (χ3v) is 3.53. The Bertz CT molecular complexity index is 1030. The van der Waals surface area contributed by atoms with Gasteiger partial charge in [-0.05, 0) is 17.7 Å². The zero-order valence-electron chi connectivity index (χ0n) is 13.5. The van der Waals surface area contributed by atoms with Gasteiger partial charge in [-0.25, -0.2) is 4.79 Å². The predicted octanol–water partition coefficient (Wildman–Crippen LogP) is 3.57. The highest BCUT2D eigenvalue weighted by molar-refractivity contribution is 5.88. The van der Waals surface area contributed by atoms with Crippen molar-refractivity contribution in [2.24, 2.45) is 0 Å². The fourth-order valence-electron chi connectivity index (χ4n) is 2.36. The van der Waals surface area contributed by atoms with E-state index in [9.17, 15) is 19.8 Å². The van der Waals surface area contributed by atoms with Gasteiger partial charge in [-0.2, -0.15) is 0 Å². The van der Waals surface area contributed by atoms with Crippen molar-refractivity contribution in [3.05, 3.63) is 65.5 Å². The Hall–Kier alpha value is -3.74. The van der Waals surface area contributed by atoms with Gasteiger partial charge in [-0.3, -0.25) is 4.79 Å². The first-order valence-corrected chi connectivity index (χ1v) is 7.53. The molecular weight excluding hydrogens is 340 g/mol. The highest BCUT2D eigenvalue weighted by Crippen LogP contribution is 2.30. The molecule has 26 heavy (non-hydrogen) atoms. The van der Waals surface area contributed by atoms with E-state index in [1.165, 1.54) is 30.5 Å². The topological polar surface area (TPSA) is 106 Å². The summed E-state index contributed by atoms with van der Waals surface area (Å²) < 4.78 is 15.0. The lowest BCUT2D eigenvalue weighted by atomic mass is 10.0. The number of hydrogen-bond acceptors (Lipinski definition) is 7. The lowest BCUT2D eigenvalue weighted by Crippen LogP contribution is -2.11. The summed E-state index contributed by atoms with van der Waals surface area (Å²) in [5.41, 5.74) is 0.317. The summed E-state index contributed by atoms with van der Waals surface area (Å²) in [4.78, 5) is 24.1. The van der Waals surface area contributed by atoms with Crippen molar-refractivity contribution in [3.8, 4) is 28.4 Å². The molecule has 0 saturated carbocycles. The smallest absolute Gasteiger partial charge is 0.508 e. The normalized spacial score (nSPS) is 10.5. The molecule has 0 fully saturated rings. The standard InChI is InChI=1S/C19H14O7/c1-2-7-24-19(23)26-13-8-15(21)17-16(9-13)25-10-14(18(17)22)11-3-5-12(20)6-4-11/h2-6,8-10,20-21H,1,7H2. The van der Waals surface area contributed by atoms with Crippen LogP contribution in [-0.2, 0) is 4.74 Å². The number of phenols is 2. The fourth-order valence-corrected chi connectivity index (χ4v) is 2.36. The predicted molar refractivity (Wildman–Crippen MR) is 93.4 cm³/mol. The Labute approximate surface area is 147 Å². The quantitative estimate of drug-likeness (QED) is 0.419. The Kier molecular flexibility index (Phi) is 4.62. The van der Waals surface area contributed by atoms with Crippen LogP contribution in [0.3, 0.4) is 0 Å². The third kappa shape index (κ3) is 3.36. The molecular formula is C19H14O7. The van der Waals surface area contributed by atoms with Crippen molar-refractivity contribution in [1.82, 2.24) is 0 Å². The first-order valence-electron chi connectivity index (χ1n) is 7.53. The van der Waals surface area contributed by atoms with Crippen LogP contribution in [0.1, 0.15) is 0 Å². The second-order valence-corrected chi connectivity index (χ2v) is 5.29. The molecule has 0 spiro atoms. The number of hydrogen-bond donors (Lipinski definition) is 2. The molecule has 2 N–H and O–H groups in total. The van der Waals surface area contributed by atoms with Crippen molar-refractivity contribution < 1.29 is 28.9 Å². The molecule has 0 bridgehead atoms. The molecule has 7 heteroatoms. The van der Waals surface area contributed by atoms with Crippen LogP contribution in [0.25, 0.3) is 22.1 Å². The minimum absolute atomic E-state index is 0.0243. The van der Waals surface area contributed by atoms with Crippen molar-refractivity contribution in [3.63, 3.8) is 0 Å². The van der Waals surface area contributed by atoms with E-state index in [2.05, 4.69) is 11.3 Å². The van der Waals surface area contributed by atoms with Gasteiger partial charge in [-0.1, -0.05) is 24.8 Å². The Balaban J connectivity index is 2.01. The maximum absolute atomic E-state index is 12.7. The monoisotopic (exact) mass is 354 g/mol. The maximum Gasteiger partial charge on any atom is 0.514 e. The number of fused-ring (bicyclic) bond motifs is 1. The molecule has 0 radical (unpaired) electrons. The zero-order valence-corrected chi connectivity index (χ0v) is 13.5. The van der Waals surface area contributed by atoms with E-state index in [-0.39, 0.29) is 34.6 Å². The van der Waals surface area contributed by atoms with Crippen LogP contribution in [-0.4, -0.2) is 23.0 Å². The van der Waals surface area contributed by atoms with Crippen LogP contribution >= 0.6 is 0 Å². The van der Waals surface area contributed by atoms with Crippen molar-refractivity contribution in [2.75, 3.05) is 6.61 Å². The van der Waals surface area contributed by atoms with Crippen LogP contribution in [0.4, 0.5) is 4.79 Å². The van der Waals surface area contributed by atoms with E-state index in [0.29, 0.717) is 5.56 Å². The summed E-state index contributed by atoms with van der Waals surface area (Å²) in [7, 11) is 0. The van der Waals surface area contributed by atoms with E-state index in [1.54, 1.807) is 12.1 Å². The summed E-state index contributed by atoms with van der Waals surface area (Å²) in [6.45, 7) is 3.38. The van der Waals surface area contributed by atoms with Gasteiger partial charge < -0.3 is 24.1 Å². The van der Waals surface area contributed by atoms with Gasteiger partial charge in [0.2, 0.25) is 5.43 Å². The average Bonchev–Trinajstić information content (AvgIpc) is 2.61. The van der Waals surface area contributed by atoms with Gasteiger partial charge in [0.15, 0.2) is 0 Å². The first-order chi connectivity index (χ1) is 12.5. The molecule has 1 heterocycles. The SMILES string of the molecule is C=CCOC(=O)Oc1cc(O)c2c(=O)c(-c3ccc(O)cc3)coc2c1. The summed E-state index contributed by atoms with van der Waals surface area (Å²) in [6, 6.07) is 8.39. The van der Waals surface area contributed by atoms with Crippen LogP contribution < -0.4 is 10.2 Å². The van der Waals surface area contributed by atoms with E-state index >= 15 is 0 Å². The molecule has 0 unspecified atom stereocenters. The summed E-state index contributed by atoms with van der Waals surface area (Å²) in [5.74, 6) is -0.375.